The first kappa shape index (κ1) is 67.7. The summed E-state index contributed by atoms with van der Waals surface area (Å²) < 4.78 is 30.2. The number of hydrogen-bond acceptors (Lipinski definition) is 7. The molecule has 0 aliphatic rings. The number of esters is 1. The highest BCUT2D eigenvalue weighted by molar-refractivity contribution is 7.45. The van der Waals surface area contributed by atoms with Crippen LogP contribution in [0.25, 0.3) is 0 Å². The Kier molecular flexibility index (Phi) is 48.6. The average molecular weight is 1000 g/mol. The average Bonchev–Trinajstić information content (AvgIpc) is 3.32. The fraction of sp³-hybridized carbons (Fsp3) is 0.800. The summed E-state index contributed by atoms with van der Waals surface area (Å²) in [5.41, 5.74) is 0. The molecule has 1 amide bonds. The highest BCUT2D eigenvalue weighted by Crippen LogP contribution is 2.38. The van der Waals surface area contributed by atoms with Gasteiger partial charge < -0.3 is 28.5 Å². The molecule has 0 saturated heterocycles. The zero-order valence-corrected chi connectivity index (χ0v) is 47.4. The molecule has 0 aromatic heterocycles. The number of phosphoric acid groups is 1. The van der Waals surface area contributed by atoms with E-state index in [0.717, 1.165) is 89.9 Å². The van der Waals surface area contributed by atoms with Crippen LogP contribution in [0.1, 0.15) is 258 Å². The monoisotopic (exact) mass is 1000 g/mol. The van der Waals surface area contributed by atoms with Crippen LogP contribution in [-0.2, 0) is 27.9 Å². The number of unbranched alkanes of at least 4 members (excludes halogenated alkanes) is 30. The van der Waals surface area contributed by atoms with E-state index in [1.807, 2.05) is 33.3 Å². The van der Waals surface area contributed by atoms with Crippen LogP contribution in [-0.4, -0.2) is 69.4 Å². The summed E-state index contributed by atoms with van der Waals surface area (Å²) in [5, 5.41) is 3.02. The molecule has 0 bridgehead atoms. The zero-order valence-electron chi connectivity index (χ0n) is 46.5. The molecule has 3 atom stereocenters. The fourth-order valence-corrected chi connectivity index (χ4v) is 8.95. The lowest BCUT2D eigenvalue weighted by Gasteiger charge is -2.30. The number of allylic oxidation sites excluding steroid dienone is 9. The molecule has 70 heavy (non-hydrogen) atoms. The number of carbonyl (C=O) groups excluding carboxylic acids is 2. The minimum absolute atomic E-state index is 0.0264. The topological polar surface area (TPSA) is 114 Å². The van der Waals surface area contributed by atoms with Gasteiger partial charge in [-0.05, 0) is 76.7 Å². The number of ether oxygens (including phenoxy) is 1. The molecule has 0 saturated carbocycles. The van der Waals surface area contributed by atoms with Crippen molar-refractivity contribution in [3.63, 3.8) is 0 Å². The summed E-state index contributed by atoms with van der Waals surface area (Å²) in [4.78, 5) is 39.9. The van der Waals surface area contributed by atoms with Crippen LogP contribution < -0.4 is 10.2 Å². The molecular formula is C60H111N2O7P. The van der Waals surface area contributed by atoms with Gasteiger partial charge in [-0.25, -0.2) is 0 Å². The van der Waals surface area contributed by atoms with Crippen molar-refractivity contribution in [3.05, 3.63) is 60.8 Å². The van der Waals surface area contributed by atoms with Gasteiger partial charge in [-0.15, -0.1) is 0 Å². The molecule has 9 nitrogen and oxygen atoms in total. The lowest BCUT2D eigenvalue weighted by molar-refractivity contribution is -0.870. The van der Waals surface area contributed by atoms with Gasteiger partial charge in [0.25, 0.3) is 7.82 Å². The van der Waals surface area contributed by atoms with Crippen molar-refractivity contribution in [2.75, 3.05) is 40.9 Å². The second kappa shape index (κ2) is 50.3. The minimum Gasteiger partial charge on any atom is -0.756 e. The number of carbonyl (C=O) groups is 2. The summed E-state index contributed by atoms with van der Waals surface area (Å²) in [6.07, 6.45) is 61.8. The van der Waals surface area contributed by atoms with E-state index in [0.29, 0.717) is 17.4 Å². The smallest absolute Gasteiger partial charge is 0.306 e. The third-order valence-electron chi connectivity index (χ3n) is 12.7. The summed E-state index contributed by atoms with van der Waals surface area (Å²) in [7, 11) is 1.17. The third-order valence-corrected chi connectivity index (χ3v) is 13.7. The molecule has 0 spiro atoms. The van der Waals surface area contributed by atoms with E-state index in [-0.39, 0.29) is 24.9 Å². The van der Waals surface area contributed by atoms with Crippen LogP contribution in [0.4, 0.5) is 0 Å². The first-order chi connectivity index (χ1) is 33.9. The van der Waals surface area contributed by atoms with Crippen LogP contribution in [0.3, 0.4) is 0 Å². The van der Waals surface area contributed by atoms with Gasteiger partial charge in [0.1, 0.15) is 19.3 Å². The maximum absolute atomic E-state index is 13.5. The van der Waals surface area contributed by atoms with Crippen molar-refractivity contribution in [2.24, 2.45) is 0 Å². The Balaban J connectivity index is 5.34. The van der Waals surface area contributed by atoms with Crippen molar-refractivity contribution in [2.45, 2.75) is 270 Å². The van der Waals surface area contributed by atoms with Crippen molar-refractivity contribution < 1.29 is 37.3 Å². The maximum Gasteiger partial charge on any atom is 0.306 e. The molecule has 0 aromatic carbocycles. The number of nitrogens with zero attached hydrogens (tertiary/aromatic N) is 1. The molecule has 0 aliphatic carbocycles. The molecule has 0 rings (SSSR count). The second-order valence-corrected chi connectivity index (χ2v) is 22.2. The Morgan fingerprint density at radius 2 is 0.929 bits per heavy atom. The normalized spacial score (nSPS) is 14.2. The lowest BCUT2D eigenvalue weighted by atomic mass is 10.0. The first-order valence-electron chi connectivity index (χ1n) is 29.1. The van der Waals surface area contributed by atoms with E-state index in [1.54, 1.807) is 0 Å². The third kappa shape index (κ3) is 50.6. The highest BCUT2D eigenvalue weighted by Gasteiger charge is 2.27. The Hall–Kier alpha value is -2.29. The molecule has 1 N–H and O–H groups in total. The number of quaternary nitrogens is 1. The highest BCUT2D eigenvalue weighted by atomic mass is 31.2. The van der Waals surface area contributed by atoms with E-state index < -0.39 is 26.6 Å². The van der Waals surface area contributed by atoms with Crippen LogP contribution in [0.5, 0.6) is 0 Å². The van der Waals surface area contributed by atoms with Gasteiger partial charge in [-0.2, -0.15) is 0 Å². The number of amides is 1. The maximum atomic E-state index is 13.5. The van der Waals surface area contributed by atoms with Gasteiger partial charge in [0.05, 0.1) is 33.8 Å². The Labute approximate surface area is 432 Å². The van der Waals surface area contributed by atoms with E-state index in [1.165, 1.54) is 135 Å². The fourth-order valence-electron chi connectivity index (χ4n) is 8.22. The predicted molar refractivity (Wildman–Crippen MR) is 298 cm³/mol. The lowest BCUT2D eigenvalue weighted by Crippen LogP contribution is -2.47. The summed E-state index contributed by atoms with van der Waals surface area (Å²) in [6, 6.07) is -0.895. The molecule has 0 aliphatic heterocycles. The predicted octanol–water partition coefficient (Wildman–Crippen LogP) is 16.9. The van der Waals surface area contributed by atoms with Crippen molar-refractivity contribution in [1.82, 2.24) is 5.32 Å². The Bertz CT molecular complexity index is 1390. The molecule has 10 heteroatoms. The second-order valence-electron chi connectivity index (χ2n) is 20.8. The van der Waals surface area contributed by atoms with Gasteiger partial charge in [0.15, 0.2) is 0 Å². The number of phosphoric ester groups is 1. The largest absolute Gasteiger partial charge is 0.756 e. The summed E-state index contributed by atoms with van der Waals surface area (Å²) in [5.74, 6) is -0.558. The summed E-state index contributed by atoms with van der Waals surface area (Å²) in [6.45, 7) is 6.70. The number of hydrogen-bond donors (Lipinski definition) is 1. The Morgan fingerprint density at radius 3 is 1.40 bits per heavy atom. The van der Waals surface area contributed by atoms with E-state index in [2.05, 4.69) is 74.7 Å². The van der Waals surface area contributed by atoms with Gasteiger partial charge in [0.2, 0.25) is 5.91 Å². The van der Waals surface area contributed by atoms with Crippen molar-refractivity contribution in [1.29, 1.82) is 0 Å². The molecule has 0 heterocycles. The quantitative estimate of drug-likeness (QED) is 0.0161. The Morgan fingerprint density at radius 1 is 0.514 bits per heavy atom. The van der Waals surface area contributed by atoms with E-state index in [9.17, 15) is 19.0 Å². The standard InChI is InChI=1S/C60H111N2O7P/c1-7-10-13-16-19-22-25-28-30-31-33-34-37-40-43-46-49-52-59(63)61-57(56-68-70(65,66)67-55-54-62(4,5)6)58(51-48-45-42-39-36-27-24-21-18-15-12-9-3)69-60(64)53-50-47-44-41-38-35-32-29-26-23-20-17-14-11-8-2/h11,14,17,20,23,26,28,30,48,51,57-58H,7-10,12-13,15-16,18-19,21-22,24-25,27,29,31-47,49-50,52-56H2,1-6H3,(H-,61,63,65,66)/b14-11+,20-17+,26-23+,30-28+,51-48+. The van der Waals surface area contributed by atoms with Gasteiger partial charge in [-0.3, -0.25) is 14.2 Å². The zero-order chi connectivity index (χ0) is 51.5. The number of nitrogens with one attached hydrogen (secondary N) is 1. The van der Waals surface area contributed by atoms with Crippen molar-refractivity contribution in [3.8, 4) is 0 Å². The van der Waals surface area contributed by atoms with Crippen LogP contribution >= 0.6 is 7.82 Å². The van der Waals surface area contributed by atoms with Gasteiger partial charge >= 0.3 is 5.97 Å². The van der Waals surface area contributed by atoms with E-state index >= 15 is 0 Å². The van der Waals surface area contributed by atoms with Crippen LogP contribution in [0, 0.1) is 0 Å². The molecule has 408 valence electrons. The molecule has 3 unspecified atom stereocenters. The first-order valence-corrected chi connectivity index (χ1v) is 30.6. The summed E-state index contributed by atoms with van der Waals surface area (Å²) >= 11 is 0. The minimum atomic E-state index is -4.70. The van der Waals surface area contributed by atoms with Gasteiger partial charge in [-0.1, -0.05) is 230 Å². The van der Waals surface area contributed by atoms with Crippen molar-refractivity contribution >= 4 is 19.7 Å². The number of rotatable bonds is 52. The van der Waals surface area contributed by atoms with Crippen LogP contribution in [0.15, 0.2) is 60.8 Å². The molecule has 0 aromatic rings. The number of likely N-dealkylation sites (N-methyl/N-ethyl adjacent to an activating group) is 1. The van der Waals surface area contributed by atoms with Gasteiger partial charge in [0, 0.05) is 12.8 Å². The van der Waals surface area contributed by atoms with Crippen LogP contribution in [0.2, 0.25) is 0 Å². The SMILES string of the molecule is CC/C=C/C=C/C=C/CCCCCCCCCC(=O)OC(/C=C/CCCCCCCCCCCC)C(COP(=O)([O-])OCC[N+](C)(C)C)NC(=O)CCCCCCCCC/C=C/CCCCCCCC. The molecule has 0 radical (unpaired) electrons. The molecule has 0 fully saturated rings. The van der Waals surface area contributed by atoms with E-state index in [4.69, 9.17) is 13.8 Å². The molecular weight excluding hydrogens is 892 g/mol.